The Morgan fingerprint density at radius 3 is 2.65 bits per heavy atom. The van der Waals surface area contributed by atoms with Crippen LogP contribution in [0.15, 0.2) is 24.3 Å². The van der Waals surface area contributed by atoms with E-state index in [1.807, 2.05) is 31.2 Å². The predicted molar refractivity (Wildman–Crippen MR) is 60.9 cm³/mol. The van der Waals surface area contributed by atoms with Gasteiger partial charge in [-0.2, -0.15) is 0 Å². The number of methoxy groups -OCH3 is 2. The van der Waals surface area contributed by atoms with E-state index in [1.54, 1.807) is 14.2 Å². The first-order valence-corrected chi connectivity index (χ1v) is 5.69. The molecule has 0 aliphatic carbocycles. The fourth-order valence-corrected chi connectivity index (χ4v) is 2.63. The zero-order valence-electron chi connectivity index (χ0n) is 10.2. The van der Waals surface area contributed by atoms with E-state index < -0.39 is 11.9 Å². The fourth-order valence-electron chi connectivity index (χ4n) is 2.63. The van der Waals surface area contributed by atoms with E-state index in [1.165, 1.54) is 0 Å². The maximum Gasteiger partial charge on any atom is 0.199 e. The second-order valence-electron chi connectivity index (χ2n) is 4.60. The van der Waals surface area contributed by atoms with Crippen molar-refractivity contribution in [3.63, 3.8) is 0 Å². The summed E-state index contributed by atoms with van der Waals surface area (Å²) in [7, 11) is 3.22. The molecule has 0 bridgehead atoms. The molecule has 1 unspecified atom stereocenters. The normalized spacial score (nSPS) is 33.9. The molecule has 0 amide bonds. The zero-order chi connectivity index (χ0) is 12.0. The Labute approximate surface area is 100 Å². The van der Waals surface area contributed by atoms with Crippen molar-refractivity contribution >= 4 is 0 Å². The molecule has 17 heavy (non-hydrogen) atoms. The van der Waals surface area contributed by atoms with Crippen LogP contribution in [0.5, 0.6) is 5.75 Å². The van der Waals surface area contributed by atoms with E-state index in [4.69, 9.17) is 18.9 Å². The van der Waals surface area contributed by atoms with Gasteiger partial charge >= 0.3 is 0 Å². The van der Waals surface area contributed by atoms with Gasteiger partial charge in [-0.15, -0.1) is 0 Å². The van der Waals surface area contributed by atoms with Crippen molar-refractivity contribution in [2.75, 3.05) is 14.2 Å². The number of hydrogen-bond acceptors (Lipinski definition) is 4. The molecule has 3 rings (SSSR count). The van der Waals surface area contributed by atoms with Gasteiger partial charge in [0.15, 0.2) is 11.9 Å². The molecule has 0 radical (unpaired) electrons. The lowest BCUT2D eigenvalue weighted by Gasteiger charge is -2.37. The lowest BCUT2D eigenvalue weighted by Crippen LogP contribution is -2.53. The maximum absolute atomic E-state index is 6.04. The molecule has 3 atom stereocenters. The predicted octanol–water partition coefficient (Wildman–Crippen LogP) is 1.90. The minimum atomic E-state index is -0.595. The first-order valence-electron chi connectivity index (χ1n) is 5.69. The Hall–Kier alpha value is -1.10. The number of para-hydroxylation sites is 1. The van der Waals surface area contributed by atoms with Crippen molar-refractivity contribution in [1.29, 1.82) is 0 Å². The molecule has 2 heterocycles. The van der Waals surface area contributed by atoms with Crippen LogP contribution in [-0.4, -0.2) is 32.2 Å². The van der Waals surface area contributed by atoms with Crippen LogP contribution < -0.4 is 4.74 Å². The van der Waals surface area contributed by atoms with Gasteiger partial charge in [0, 0.05) is 19.8 Å². The first kappa shape index (κ1) is 11.0. The van der Waals surface area contributed by atoms with Gasteiger partial charge in [-0.05, 0) is 13.0 Å². The van der Waals surface area contributed by atoms with Crippen LogP contribution in [0.3, 0.4) is 0 Å². The monoisotopic (exact) mass is 236 g/mol. The summed E-state index contributed by atoms with van der Waals surface area (Å²) in [5, 5.41) is 0. The van der Waals surface area contributed by atoms with Crippen LogP contribution in [0.1, 0.15) is 18.6 Å². The molecule has 2 aliphatic rings. The van der Waals surface area contributed by atoms with Crippen LogP contribution in [0, 0.1) is 0 Å². The van der Waals surface area contributed by atoms with Crippen molar-refractivity contribution in [3.8, 4) is 5.75 Å². The molecule has 0 saturated carbocycles. The van der Waals surface area contributed by atoms with Crippen molar-refractivity contribution in [2.45, 2.75) is 31.0 Å². The molecule has 0 aromatic heterocycles. The summed E-state index contributed by atoms with van der Waals surface area (Å²) in [6.45, 7) is 1.96. The zero-order valence-corrected chi connectivity index (χ0v) is 10.2. The molecule has 0 spiro atoms. The summed E-state index contributed by atoms with van der Waals surface area (Å²) in [6.07, 6.45) is -0.328. The highest BCUT2D eigenvalue weighted by Gasteiger charge is 2.62. The maximum atomic E-state index is 6.04. The lowest BCUT2D eigenvalue weighted by atomic mass is 9.92. The summed E-state index contributed by atoms with van der Waals surface area (Å²) in [5.74, 6) is 0.854. The van der Waals surface area contributed by atoms with Crippen LogP contribution in [0.2, 0.25) is 0 Å². The van der Waals surface area contributed by atoms with Gasteiger partial charge in [-0.25, -0.2) is 0 Å². The summed E-state index contributed by atoms with van der Waals surface area (Å²) in [4.78, 5) is 0. The molecule has 1 saturated heterocycles. The second-order valence-corrected chi connectivity index (χ2v) is 4.60. The smallest absolute Gasteiger partial charge is 0.199 e. The average molecular weight is 236 g/mol. The molecular formula is C13H16O4. The summed E-state index contributed by atoms with van der Waals surface area (Å²) in [6, 6.07) is 7.94. The van der Waals surface area contributed by atoms with E-state index in [0.29, 0.717) is 0 Å². The highest BCUT2D eigenvalue weighted by Crippen LogP contribution is 2.54. The Balaban J connectivity index is 1.97. The van der Waals surface area contributed by atoms with Crippen molar-refractivity contribution in [1.82, 2.24) is 0 Å². The minimum Gasteiger partial charge on any atom is -0.479 e. The Kier molecular flexibility index (Phi) is 2.40. The van der Waals surface area contributed by atoms with E-state index >= 15 is 0 Å². The molecule has 4 heteroatoms. The highest BCUT2D eigenvalue weighted by atomic mass is 16.7. The van der Waals surface area contributed by atoms with Gasteiger partial charge in [-0.1, -0.05) is 18.2 Å². The third-order valence-corrected chi connectivity index (χ3v) is 3.51. The molecule has 0 N–H and O–H groups in total. The van der Waals surface area contributed by atoms with Gasteiger partial charge in [0.25, 0.3) is 0 Å². The van der Waals surface area contributed by atoms with E-state index in [9.17, 15) is 0 Å². The van der Waals surface area contributed by atoms with Crippen LogP contribution in [0.4, 0.5) is 0 Å². The minimum absolute atomic E-state index is 0.00213. The lowest BCUT2D eigenvalue weighted by molar-refractivity contribution is -0.205. The molecule has 92 valence electrons. The van der Waals surface area contributed by atoms with E-state index in [0.717, 1.165) is 11.3 Å². The number of fused-ring (bicyclic) bond motifs is 3. The van der Waals surface area contributed by atoms with Crippen molar-refractivity contribution < 1.29 is 18.9 Å². The Bertz CT molecular complexity index is 429. The topological polar surface area (TPSA) is 40.2 Å². The van der Waals surface area contributed by atoms with Crippen LogP contribution in [0.25, 0.3) is 0 Å². The third kappa shape index (κ3) is 1.48. The standard InChI is InChI=1S/C13H16O4/c1-13(12(14-2)15-3)11-10(16-11)8-6-4-5-7-9(8)17-13/h4-7,10-12H,1-3H3/t10-,11?,13+/m0/s1. The van der Waals surface area contributed by atoms with Crippen LogP contribution >= 0.6 is 0 Å². The molecule has 1 aromatic carbocycles. The van der Waals surface area contributed by atoms with Gasteiger partial charge in [0.05, 0.1) is 0 Å². The number of ether oxygens (including phenoxy) is 4. The molecule has 4 nitrogen and oxygen atoms in total. The van der Waals surface area contributed by atoms with E-state index in [2.05, 4.69) is 0 Å². The van der Waals surface area contributed by atoms with Crippen LogP contribution in [-0.2, 0) is 14.2 Å². The van der Waals surface area contributed by atoms with E-state index in [-0.39, 0.29) is 12.2 Å². The summed E-state index contributed by atoms with van der Waals surface area (Å²) in [5.41, 5.74) is 0.517. The van der Waals surface area contributed by atoms with Crippen molar-refractivity contribution in [2.24, 2.45) is 0 Å². The average Bonchev–Trinajstić information content (AvgIpc) is 3.12. The second kappa shape index (κ2) is 3.70. The molecule has 1 fully saturated rings. The largest absolute Gasteiger partial charge is 0.479 e. The fraction of sp³-hybridized carbons (Fsp3) is 0.538. The van der Waals surface area contributed by atoms with Gasteiger partial charge < -0.3 is 18.9 Å². The number of benzene rings is 1. The Morgan fingerprint density at radius 2 is 1.94 bits per heavy atom. The number of rotatable bonds is 3. The number of hydrogen-bond donors (Lipinski definition) is 0. The van der Waals surface area contributed by atoms with Gasteiger partial charge in [0.2, 0.25) is 0 Å². The Morgan fingerprint density at radius 1 is 1.24 bits per heavy atom. The van der Waals surface area contributed by atoms with Gasteiger partial charge in [0.1, 0.15) is 18.0 Å². The highest BCUT2D eigenvalue weighted by molar-refractivity contribution is 5.42. The molecular weight excluding hydrogens is 220 g/mol. The summed E-state index contributed by atoms with van der Waals surface area (Å²) >= 11 is 0. The molecule has 1 aromatic rings. The third-order valence-electron chi connectivity index (χ3n) is 3.51. The summed E-state index contributed by atoms with van der Waals surface area (Å²) < 4.78 is 22.4. The SMILES string of the molecule is COC(OC)[C@]1(C)Oc2ccccc2[C@@H]2OC21. The first-order chi connectivity index (χ1) is 8.20. The quantitative estimate of drug-likeness (QED) is 0.593. The number of epoxide rings is 1. The van der Waals surface area contributed by atoms with Gasteiger partial charge in [-0.3, -0.25) is 0 Å². The molecule has 2 aliphatic heterocycles. The van der Waals surface area contributed by atoms with Crippen molar-refractivity contribution in [3.05, 3.63) is 29.8 Å².